The second-order valence-electron chi connectivity index (χ2n) is 4.24. The summed E-state index contributed by atoms with van der Waals surface area (Å²) in [4.78, 5) is 11.9. The van der Waals surface area contributed by atoms with Crippen molar-refractivity contribution in [2.75, 3.05) is 19.5 Å². The van der Waals surface area contributed by atoms with Gasteiger partial charge in [0.05, 0.1) is 13.7 Å². The third-order valence-electron chi connectivity index (χ3n) is 2.57. The number of anilines is 1. The minimum absolute atomic E-state index is 0.0702. The van der Waals surface area contributed by atoms with Crippen LogP contribution >= 0.6 is 0 Å². The Bertz CT molecular complexity index is 575. The summed E-state index contributed by atoms with van der Waals surface area (Å²) in [5.74, 6) is 0.860. The number of nitrogens with zero attached hydrogens (tertiary/aromatic N) is 3. The molecule has 0 unspecified atom stereocenters. The second-order valence-corrected chi connectivity index (χ2v) is 4.24. The number of hydrogen-bond acceptors (Lipinski definition) is 7. The summed E-state index contributed by atoms with van der Waals surface area (Å²) in [5.41, 5.74) is 6.56. The van der Waals surface area contributed by atoms with Gasteiger partial charge in [0.15, 0.2) is 0 Å². The molecule has 1 heterocycles. The summed E-state index contributed by atoms with van der Waals surface area (Å²) >= 11 is 0. The van der Waals surface area contributed by atoms with Gasteiger partial charge in [0.2, 0.25) is 5.95 Å². The molecule has 0 saturated carbocycles. The van der Waals surface area contributed by atoms with Crippen LogP contribution in [0.2, 0.25) is 0 Å². The predicted octanol–water partition coefficient (Wildman–Crippen LogP) is 1.83. The van der Waals surface area contributed by atoms with Crippen molar-refractivity contribution in [3.63, 3.8) is 0 Å². The SMILES string of the molecule is CCCOc1nc(N)nc(OCc2ccc(OC)cc2)n1. The average molecular weight is 290 g/mol. The maximum absolute atomic E-state index is 5.60. The molecule has 0 amide bonds. The Morgan fingerprint density at radius 1 is 1.00 bits per heavy atom. The third kappa shape index (κ3) is 4.48. The number of methoxy groups -OCH3 is 1. The van der Waals surface area contributed by atoms with Crippen molar-refractivity contribution in [3.05, 3.63) is 29.8 Å². The average Bonchev–Trinajstić information content (AvgIpc) is 2.51. The first-order valence-corrected chi connectivity index (χ1v) is 6.61. The lowest BCUT2D eigenvalue weighted by atomic mass is 10.2. The largest absolute Gasteiger partial charge is 0.497 e. The number of benzene rings is 1. The Morgan fingerprint density at radius 2 is 1.67 bits per heavy atom. The van der Waals surface area contributed by atoms with Crippen LogP contribution in [0, 0.1) is 0 Å². The maximum Gasteiger partial charge on any atom is 0.324 e. The first kappa shape index (κ1) is 14.8. The molecule has 7 heteroatoms. The van der Waals surface area contributed by atoms with Gasteiger partial charge in [-0.1, -0.05) is 19.1 Å². The fraction of sp³-hybridized carbons (Fsp3) is 0.357. The molecular weight excluding hydrogens is 272 g/mol. The highest BCUT2D eigenvalue weighted by Crippen LogP contribution is 2.15. The Morgan fingerprint density at radius 3 is 2.29 bits per heavy atom. The van der Waals surface area contributed by atoms with Gasteiger partial charge in [0.1, 0.15) is 12.4 Å². The van der Waals surface area contributed by atoms with E-state index in [1.54, 1.807) is 7.11 Å². The van der Waals surface area contributed by atoms with Crippen LogP contribution < -0.4 is 19.9 Å². The normalized spacial score (nSPS) is 10.2. The molecule has 0 fully saturated rings. The Kier molecular flexibility index (Phi) is 5.14. The van der Waals surface area contributed by atoms with E-state index < -0.39 is 0 Å². The molecular formula is C14H18N4O3. The highest BCUT2D eigenvalue weighted by atomic mass is 16.5. The van der Waals surface area contributed by atoms with Gasteiger partial charge < -0.3 is 19.9 Å². The van der Waals surface area contributed by atoms with E-state index in [4.69, 9.17) is 19.9 Å². The van der Waals surface area contributed by atoms with Crippen molar-refractivity contribution in [3.8, 4) is 17.8 Å². The van der Waals surface area contributed by atoms with Crippen molar-refractivity contribution >= 4 is 5.95 Å². The topological polar surface area (TPSA) is 92.4 Å². The summed E-state index contributed by atoms with van der Waals surface area (Å²) in [6, 6.07) is 7.83. The lowest BCUT2D eigenvalue weighted by molar-refractivity contribution is 0.256. The van der Waals surface area contributed by atoms with Gasteiger partial charge in [-0.05, 0) is 24.1 Å². The molecule has 21 heavy (non-hydrogen) atoms. The molecule has 2 rings (SSSR count). The maximum atomic E-state index is 5.60. The third-order valence-corrected chi connectivity index (χ3v) is 2.57. The standard InChI is InChI=1S/C14H18N4O3/c1-3-8-20-13-16-12(15)17-14(18-13)21-9-10-4-6-11(19-2)7-5-10/h4-7H,3,8-9H2,1-2H3,(H2,15,16,17,18). The molecule has 112 valence electrons. The monoisotopic (exact) mass is 290 g/mol. The zero-order valence-corrected chi connectivity index (χ0v) is 12.1. The fourth-order valence-corrected chi connectivity index (χ4v) is 1.54. The van der Waals surface area contributed by atoms with E-state index in [0.29, 0.717) is 13.2 Å². The number of nitrogens with two attached hydrogens (primary N) is 1. The van der Waals surface area contributed by atoms with Gasteiger partial charge in [-0.2, -0.15) is 9.97 Å². The number of hydrogen-bond donors (Lipinski definition) is 1. The van der Waals surface area contributed by atoms with Crippen LogP contribution in [0.15, 0.2) is 24.3 Å². The van der Waals surface area contributed by atoms with Gasteiger partial charge in [0.25, 0.3) is 0 Å². The molecule has 0 spiro atoms. The fourth-order valence-electron chi connectivity index (χ4n) is 1.54. The summed E-state index contributed by atoms with van der Waals surface area (Å²) in [7, 11) is 1.62. The Labute approximate surface area is 123 Å². The minimum Gasteiger partial charge on any atom is -0.497 e. The minimum atomic E-state index is 0.0702. The molecule has 2 N–H and O–H groups in total. The molecule has 1 aromatic heterocycles. The van der Waals surface area contributed by atoms with E-state index in [0.717, 1.165) is 17.7 Å². The molecule has 0 aliphatic carbocycles. The molecule has 1 aromatic carbocycles. The predicted molar refractivity (Wildman–Crippen MR) is 77.4 cm³/mol. The van der Waals surface area contributed by atoms with E-state index >= 15 is 0 Å². The summed E-state index contributed by atoms with van der Waals surface area (Å²) in [6.07, 6.45) is 0.855. The summed E-state index contributed by atoms with van der Waals surface area (Å²) in [6.45, 7) is 2.83. The van der Waals surface area contributed by atoms with E-state index in [2.05, 4.69) is 15.0 Å². The van der Waals surface area contributed by atoms with Gasteiger partial charge in [-0.3, -0.25) is 0 Å². The number of nitrogen functional groups attached to an aromatic ring is 1. The van der Waals surface area contributed by atoms with Crippen molar-refractivity contribution in [1.29, 1.82) is 0 Å². The smallest absolute Gasteiger partial charge is 0.324 e. The van der Waals surface area contributed by atoms with Crippen LogP contribution in [0.1, 0.15) is 18.9 Å². The Balaban J connectivity index is 1.99. The van der Waals surface area contributed by atoms with E-state index in [9.17, 15) is 0 Å². The molecule has 0 bridgehead atoms. The highest BCUT2D eigenvalue weighted by molar-refractivity contribution is 5.27. The van der Waals surface area contributed by atoms with Crippen molar-refractivity contribution in [2.24, 2.45) is 0 Å². The first-order chi connectivity index (χ1) is 10.2. The van der Waals surface area contributed by atoms with Crippen LogP contribution in [0.3, 0.4) is 0 Å². The van der Waals surface area contributed by atoms with E-state index in [1.807, 2.05) is 31.2 Å². The van der Waals surface area contributed by atoms with E-state index in [-0.39, 0.29) is 18.0 Å². The molecule has 7 nitrogen and oxygen atoms in total. The molecule has 0 radical (unpaired) electrons. The second kappa shape index (κ2) is 7.28. The van der Waals surface area contributed by atoms with Crippen LogP contribution in [-0.2, 0) is 6.61 Å². The van der Waals surface area contributed by atoms with Gasteiger partial charge in [0, 0.05) is 0 Å². The van der Waals surface area contributed by atoms with Gasteiger partial charge >= 0.3 is 12.0 Å². The lowest BCUT2D eigenvalue weighted by Gasteiger charge is -2.07. The van der Waals surface area contributed by atoms with E-state index in [1.165, 1.54) is 0 Å². The Hall–Kier alpha value is -2.57. The molecule has 0 saturated heterocycles. The lowest BCUT2D eigenvalue weighted by Crippen LogP contribution is -2.07. The summed E-state index contributed by atoms with van der Waals surface area (Å²) in [5, 5.41) is 0. The quantitative estimate of drug-likeness (QED) is 0.831. The van der Waals surface area contributed by atoms with Crippen LogP contribution in [-0.4, -0.2) is 28.7 Å². The van der Waals surface area contributed by atoms with Crippen molar-refractivity contribution < 1.29 is 14.2 Å². The van der Waals surface area contributed by atoms with Gasteiger partial charge in [-0.25, -0.2) is 0 Å². The van der Waals surface area contributed by atoms with Crippen LogP contribution in [0.5, 0.6) is 17.8 Å². The highest BCUT2D eigenvalue weighted by Gasteiger charge is 2.07. The van der Waals surface area contributed by atoms with Crippen LogP contribution in [0.4, 0.5) is 5.95 Å². The van der Waals surface area contributed by atoms with Crippen LogP contribution in [0.25, 0.3) is 0 Å². The molecule has 0 atom stereocenters. The zero-order chi connectivity index (χ0) is 15.1. The van der Waals surface area contributed by atoms with Crippen molar-refractivity contribution in [1.82, 2.24) is 15.0 Å². The van der Waals surface area contributed by atoms with Crippen molar-refractivity contribution in [2.45, 2.75) is 20.0 Å². The summed E-state index contributed by atoms with van der Waals surface area (Å²) < 4.78 is 15.9. The molecule has 2 aromatic rings. The zero-order valence-electron chi connectivity index (χ0n) is 12.1. The molecule has 0 aliphatic rings. The first-order valence-electron chi connectivity index (χ1n) is 6.61. The number of ether oxygens (including phenoxy) is 3. The molecule has 0 aliphatic heterocycles. The van der Waals surface area contributed by atoms with Gasteiger partial charge in [-0.15, -0.1) is 4.98 Å². The number of rotatable bonds is 7. The number of aromatic nitrogens is 3.